The van der Waals surface area contributed by atoms with Crippen LogP contribution < -0.4 is 4.74 Å². The van der Waals surface area contributed by atoms with Gasteiger partial charge in [-0.2, -0.15) is 5.10 Å². The van der Waals surface area contributed by atoms with Gasteiger partial charge in [-0.3, -0.25) is 10.00 Å². The molecule has 0 saturated heterocycles. The van der Waals surface area contributed by atoms with Gasteiger partial charge in [0.15, 0.2) is 11.6 Å². The third-order valence-corrected chi connectivity index (χ3v) is 4.84. The molecule has 3 aromatic rings. The molecule has 0 amide bonds. The van der Waals surface area contributed by atoms with E-state index in [0.29, 0.717) is 11.9 Å². The minimum Gasteiger partial charge on any atom is -0.497 e. The SMILES string of the molecule is COc1ccc(C2=CCN(Cc3n[nH]c4c(F)c(F)ccc34)CC2)cc1. The first-order valence-corrected chi connectivity index (χ1v) is 8.52. The van der Waals surface area contributed by atoms with Crippen LogP contribution in [0.15, 0.2) is 42.5 Å². The molecule has 1 aromatic heterocycles. The largest absolute Gasteiger partial charge is 0.497 e. The first-order valence-electron chi connectivity index (χ1n) is 8.52. The van der Waals surface area contributed by atoms with Gasteiger partial charge in [-0.1, -0.05) is 18.2 Å². The predicted octanol–water partition coefficient (Wildman–Crippen LogP) is 4.14. The van der Waals surface area contributed by atoms with E-state index in [1.165, 1.54) is 11.1 Å². The van der Waals surface area contributed by atoms with Crippen molar-refractivity contribution in [3.05, 3.63) is 65.4 Å². The van der Waals surface area contributed by atoms with Crippen LogP contribution in [0.3, 0.4) is 0 Å². The van der Waals surface area contributed by atoms with Crippen molar-refractivity contribution < 1.29 is 13.5 Å². The molecule has 1 aliphatic rings. The minimum absolute atomic E-state index is 0.131. The molecule has 26 heavy (non-hydrogen) atoms. The number of rotatable bonds is 4. The number of nitrogens with zero attached hydrogens (tertiary/aromatic N) is 2. The molecule has 134 valence electrons. The highest BCUT2D eigenvalue weighted by Gasteiger charge is 2.18. The second kappa shape index (κ2) is 6.88. The summed E-state index contributed by atoms with van der Waals surface area (Å²) in [6.45, 7) is 2.27. The second-order valence-electron chi connectivity index (χ2n) is 6.40. The molecule has 0 aliphatic carbocycles. The maximum absolute atomic E-state index is 13.8. The van der Waals surface area contributed by atoms with Crippen LogP contribution >= 0.6 is 0 Å². The number of hydrogen-bond donors (Lipinski definition) is 1. The van der Waals surface area contributed by atoms with Crippen LogP contribution in [0.4, 0.5) is 8.78 Å². The van der Waals surface area contributed by atoms with Gasteiger partial charge >= 0.3 is 0 Å². The number of aromatic nitrogens is 2. The lowest BCUT2D eigenvalue weighted by Gasteiger charge is -2.26. The molecule has 6 heteroatoms. The van der Waals surface area contributed by atoms with Gasteiger partial charge in [0, 0.05) is 25.0 Å². The van der Waals surface area contributed by atoms with E-state index in [9.17, 15) is 8.78 Å². The van der Waals surface area contributed by atoms with Crippen molar-refractivity contribution in [2.24, 2.45) is 0 Å². The summed E-state index contributed by atoms with van der Waals surface area (Å²) in [7, 11) is 1.66. The molecule has 0 unspecified atom stereocenters. The van der Waals surface area contributed by atoms with Crippen molar-refractivity contribution in [3.8, 4) is 5.75 Å². The van der Waals surface area contributed by atoms with Crippen LogP contribution in [0.1, 0.15) is 17.7 Å². The fraction of sp³-hybridized carbons (Fsp3) is 0.250. The maximum Gasteiger partial charge on any atom is 0.184 e. The third kappa shape index (κ3) is 3.08. The molecule has 0 spiro atoms. The summed E-state index contributed by atoms with van der Waals surface area (Å²) in [6.07, 6.45) is 3.14. The lowest BCUT2D eigenvalue weighted by atomic mass is 9.99. The Labute approximate surface area is 150 Å². The number of halogens is 2. The van der Waals surface area contributed by atoms with Crippen molar-refractivity contribution in [1.29, 1.82) is 0 Å². The van der Waals surface area contributed by atoms with Gasteiger partial charge in [0.05, 0.1) is 12.8 Å². The normalized spacial score (nSPS) is 15.3. The lowest BCUT2D eigenvalue weighted by Crippen LogP contribution is -2.28. The number of nitrogens with one attached hydrogen (secondary N) is 1. The molecule has 2 heterocycles. The molecule has 0 bridgehead atoms. The quantitative estimate of drug-likeness (QED) is 0.765. The summed E-state index contributed by atoms with van der Waals surface area (Å²) < 4.78 is 32.3. The number of H-pyrrole nitrogens is 1. The first kappa shape index (κ1) is 16.7. The molecule has 4 nitrogen and oxygen atoms in total. The zero-order valence-corrected chi connectivity index (χ0v) is 14.4. The molecule has 0 atom stereocenters. The maximum atomic E-state index is 13.8. The van der Waals surface area contributed by atoms with E-state index in [4.69, 9.17) is 4.74 Å². The van der Waals surface area contributed by atoms with E-state index >= 15 is 0 Å². The molecule has 2 aromatic carbocycles. The number of methoxy groups -OCH3 is 1. The smallest absolute Gasteiger partial charge is 0.184 e. The Kier molecular flexibility index (Phi) is 4.42. The third-order valence-electron chi connectivity index (χ3n) is 4.84. The highest BCUT2D eigenvalue weighted by atomic mass is 19.2. The number of ether oxygens (including phenoxy) is 1. The van der Waals surface area contributed by atoms with Gasteiger partial charge in [-0.15, -0.1) is 0 Å². The van der Waals surface area contributed by atoms with Gasteiger partial charge in [0.2, 0.25) is 0 Å². The highest BCUT2D eigenvalue weighted by Crippen LogP contribution is 2.26. The molecule has 1 aliphatic heterocycles. The second-order valence-corrected chi connectivity index (χ2v) is 6.40. The lowest BCUT2D eigenvalue weighted by molar-refractivity contribution is 0.291. The number of benzene rings is 2. The average Bonchev–Trinajstić information content (AvgIpc) is 3.09. The van der Waals surface area contributed by atoms with E-state index < -0.39 is 11.6 Å². The fourth-order valence-electron chi connectivity index (χ4n) is 3.34. The van der Waals surface area contributed by atoms with Crippen molar-refractivity contribution >= 4 is 16.5 Å². The minimum atomic E-state index is -0.874. The standard InChI is InChI=1S/C20H19F2N3O/c1-26-15-4-2-13(3-5-15)14-8-10-25(11-9-14)12-18-16-6-7-17(21)19(22)20(16)24-23-18/h2-8H,9-12H2,1H3,(H,23,24). The molecule has 0 saturated carbocycles. The summed E-state index contributed by atoms with van der Waals surface area (Å²) in [4.78, 5) is 2.24. The van der Waals surface area contributed by atoms with E-state index in [-0.39, 0.29) is 5.52 Å². The van der Waals surface area contributed by atoms with E-state index in [0.717, 1.165) is 37.0 Å². The molecule has 0 radical (unpaired) electrons. The van der Waals surface area contributed by atoms with E-state index in [1.54, 1.807) is 13.2 Å². The Morgan fingerprint density at radius 1 is 1.15 bits per heavy atom. The average molecular weight is 355 g/mol. The Morgan fingerprint density at radius 3 is 2.65 bits per heavy atom. The van der Waals surface area contributed by atoms with Crippen LogP contribution in [-0.2, 0) is 6.54 Å². The predicted molar refractivity (Wildman–Crippen MR) is 96.9 cm³/mol. The summed E-state index contributed by atoms with van der Waals surface area (Å²) in [5, 5.41) is 7.43. The summed E-state index contributed by atoms with van der Waals surface area (Å²) in [5.74, 6) is -0.889. The topological polar surface area (TPSA) is 41.1 Å². The van der Waals surface area contributed by atoms with Crippen molar-refractivity contribution in [2.75, 3.05) is 20.2 Å². The van der Waals surface area contributed by atoms with Crippen molar-refractivity contribution in [3.63, 3.8) is 0 Å². The Bertz CT molecular complexity index is 963. The van der Waals surface area contributed by atoms with Crippen molar-refractivity contribution in [1.82, 2.24) is 15.1 Å². The highest BCUT2D eigenvalue weighted by molar-refractivity contribution is 5.81. The van der Waals surface area contributed by atoms with Crippen LogP contribution in [-0.4, -0.2) is 35.3 Å². The number of fused-ring (bicyclic) bond motifs is 1. The van der Waals surface area contributed by atoms with Gasteiger partial charge < -0.3 is 4.74 Å². The molecule has 4 rings (SSSR count). The number of aromatic amines is 1. The zero-order chi connectivity index (χ0) is 18.1. The zero-order valence-electron chi connectivity index (χ0n) is 14.4. The van der Waals surface area contributed by atoms with Crippen LogP contribution in [0, 0.1) is 11.6 Å². The van der Waals surface area contributed by atoms with Gasteiger partial charge in [0.25, 0.3) is 0 Å². The Hall–Kier alpha value is -2.73. The monoisotopic (exact) mass is 355 g/mol. The van der Waals surface area contributed by atoms with Crippen molar-refractivity contribution in [2.45, 2.75) is 13.0 Å². The Morgan fingerprint density at radius 2 is 1.96 bits per heavy atom. The van der Waals surface area contributed by atoms with Crippen LogP contribution in [0.25, 0.3) is 16.5 Å². The number of hydrogen-bond acceptors (Lipinski definition) is 3. The van der Waals surface area contributed by atoms with E-state index in [2.05, 4.69) is 33.3 Å². The molecule has 0 fully saturated rings. The molecule has 1 N–H and O–H groups in total. The molecular weight excluding hydrogens is 336 g/mol. The van der Waals surface area contributed by atoms with Gasteiger partial charge in [-0.05, 0) is 41.8 Å². The fourth-order valence-corrected chi connectivity index (χ4v) is 3.34. The summed E-state index contributed by atoms with van der Waals surface area (Å²) >= 11 is 0. The summed E-state index contributed by atoms with van der Waals surface area (Å²) in [6, 6.07) is 10.8. The van der Waals surface area contributed by atoms with Gasteiger partial charge in [0.1, 0.15) is 11.3 Å². The van der Waals surface area contributed by atoms with Gasteiger partial charge in [-0.25, -0.2) is 8.78 Å². The first-order chi connectivity index (χ1) is 12.7. The summed E-state index contributed by atoms with van der Waals surface area (Å²) in [5.41, 5.74) is 3.38. The Balaban J connectivity index is 1.48. The molecular formula is C20H19F2N3O. The van der Waals surface area contributed by atoms with E-state index in [1.807, 2.05) is 12.1 Å². The van der Waals surface area contributed by atoms with Crippen LogP contribution in [0.5, 0.6) is 5.75 Å². The van der Waals surface area contributed by atoms with Crippen LogP contribution in [0.2, 0.25) is 0 Å².